The molecule has 7 rings (SSSR count). The van der Waals surface area contributed by atoms with Crippen LogP contribution < -0.4 is 19.7 Å². The topological polar surface area (TPSA) is 103 Å². The van der Waals surface area contributed by atoms with Crippen molar-refractivity contribution in [3.05, 3.63) is 35.9 Å². The van der Waals surface area contributed by atoms with E-state index in [2.05, 4.69) is 26.8 Å². The maximum absolute atomic E-state index is 13.5. The molecule has 5 aliphatic rings. The number of halogens is 3. The second kappa shape index (κ2) is 10.5. The number of aromatic nitrogens is 2. The van der Waals surface area contributed by atoms with Crippen molar-refractivity contribution in [2.45, 2.75) is 75.7 Å². The molecular formula is C27H36F3N4O4+. The third-order valence-corrected chi connectivity index (χ3v) is 8.94. The number of methoxy groups -OCH3 is 1. The highest BCUT2D eigenvalue weighted by Crippen LogP contribution is 2.55. The molecule has 1 amide bonds. The predicted octanol–water partition coefficient (Wildman–Crippen LogP) is 0.944. The summed E-state index contributed by atoms with van der Waals surface area (Å²) in [5.41, 5.74) is 2.33. The van der Waals surface area contributed by atoms with Gasteiger partial charge in [0.1, 0.15) is 12.5 Å². The summed E-state index contributed by atoms with van der Waals surface area (Å²) < 4.78 is 39.1. The summed E-state index contributed by atoms with van der Waals surface area (Å²) in [6, 6.07) is 6.22. The number of aliphatic carboxylic acids is 1. The number of hydrogen-bond donors (Lipinski definition) is 3. The molecule has 0 spiro atoms. The molecule has 0 radical (unpaired) electrons. The van der Waals surface area contributed by atoms with E-state index in [9.17, 15) is 18.0 Å². The highest BCUT2D eigenvalue weighted by Gasteiger charge is 2.52. The first-order valence-electron chi connectivity index (χ1n) is 13.5. The molecule has 1 saturated heterocycles. The lowest BCUT2D eigenvalue weighted by Gasteiger charge is -2.56. The Morgan fingerprint density at radius 2 is 1.71 bits per heavy atom. The van der Waals surface area contributed by atoms with Gasteiger partial charge in [0.25, 0.3) is 0 Å². The van der Waals surface area contributed by atoms with Crippen molar-refractivity contribution in [3.63, 3.8) is 0 Å². The number of H-pyrrole nitrogens is 1. The zero-order chi connectivity index (χ0) is 27.1. The minimum atomic E-state index is -5.19. The molecule has 2 aromatic heterocycles. The van der Waals surface area contributed by atoms with Gasteiger partial charge < -0.3 is 24.9 Å². The maximum Gasteiger partial charge on any atom is 0.430 e. The fraction of sp³-hybridized carbons (Fsp3) is 0.667. The predicted molar refractivity (Wildman–Crippen MR) is 128 cm³/mol. The number of rotatable bonds is 5. The van der Waals surface area contributed by atoms with Crippen LogP contribution >= 0.6 is 0 Å². The molecule has 4 saturated carbocycles. The van der Waals surface area contributed by atoms with Crippen molar-refractivity contribution in [3.8, 4) is 0 Å². The van der Waals surface area contributed by atoms with Crippen molar-refractivity contribution in [1.82, 2.24) is 10.3 Å². The van der Waals surface area contributed by atoms with Crippen LogP contribution in [0.4, 0.5) is 13.2 Å². The molecule has 0 atom stereocenters. The zero-order valence-corrected chi connectivity index (χ0v) is 21.6. The molecular weight excluding hydrogens is 501 g/mol. The number of nitrogens with zero attached hydrogens (tertiary/aromatic N) is 1. The first-order valence-corrected chi connectivity index (χ1v) is 13.5. The number of piperidine rings is 1. The summed E-state index contributed by atoms with van der Waals surface area (Å²) in [6.07, 6.45) is 7.16. The number of alkyl halides is 3. The molecule has 2 aromatic rings. The molecule has 0 unspecified atom stereocenters. The van der Waals surface area contributed by atoms with Gasteiger partial charge in [0.2, 0.25) is 5.69 Å². The van der Waals surface area contributed by atoms with E-state index < -0.39 is 12.1 Å². The van der Waals surface area contributed by atoms with E-state index in [-0.39, 0.29) is 11.4 Å². The van der Waals surface area contributed by atoms with Crippen LogP contribution in [-0.2, 0) is 16.1 Å². The summed E-state index contributed by atoms with van der Waals surface area (Å²) in [5, 5.41) is 12.3. The number of carboxylic acids is 1. The monoisotopic (exact) mass is 537 g/mol. The van der Waals surface area contributed by atoms with Crippen molar-refractivity contribution in [2.24, 2.45) is 17.8 Å². The summed E-state index contributed by atoms with van der Waals surface area (Å²) in [6.45, 7) is 3.16. The fourth-order valence-corrected chi connectivity index (χ4v) is 7.68. The first-order chi connectivity index (χ1) is 18.0. The van der Waals surface area contributed by atoms with E-state index in [0.29, 0.717) is 11.9 Å². The number of imidazole rings is 1. The van der Waals surface area contributed by atoms with Crippen molar-refractivity contribution < 1.29 is 41.9 Å². The molecule has 8 nitrogen and oxygen atoms in total. The van der Waals surface area contributed by atoms with E-state index in [1.54, 1.807) is 4.90 Å². The Kier molecular flexibility index (Phi) is 7.43. The van der Waals surface area contributed by atoms with Gasteiger partial charge in [0.15, 0.2) is 5.52 Å². The second-order valence-electron chi connectivity index (χ2n) is 11.7. The molecule has 3 heterocycles. The average molecular weight is 538 g/mol. The lowest BCUT2D eigenvalue weighted by molar-refractivity contribution is -0.919. The maximum atomic E-state index is 13.5. The minimum Gasteiger partial charge on any atom is -0.542 e. The molecule has 208 valence electrons. The molecule has 3 N–H and O–H groups in total. The number of nitrogens with one attached hydrogen (secondary N) is 3. The van der Waals surface area contributed by atoms with Crippen LogP contribution in [0.15, 0.2) is 24.4 Å². The number of hydrogen-bond acceptors (Lipinski definition) is 4. The van der Waals surface area contributed by atoms with E-state index in [1.165, 1.54) is 44.2 Å². The van der Waals surface area contributed by atoms with Gasteiger partial charge in [-0.3, -0.25) is 4.79 Å². The van der Waals surface area contributed by atoms with E-state index >= 15 is 0 Å². The molecule has 4 aliphatic carbocycles. The molecule has 4 bridgehead atoms. The summed E-state index contributed by atoms with van der Waals surface area (Å²) in [5.74, 6) is 0.235. The minimum absolute atomic E-state index is 0.0338. The zero-order valence-electron chi connectivity index (χ0n) is 21.6. The highest BCUT2D eigenvalue weighted by molar-refractivity contribution is 5.90. The smallest absolute Gasteiger partial charge is 0.430 e. The van der Waals surface area contributed by atoms with Gasteiger partial charge >= 0.3 is 17.9 Å². The van der Waals surface area contributed by atoms with Gasteiger partial charge in [-0.25, -0.2) is 4.98 Å². The largest absolute Gasteiger partial charge is 0.542 e. The number of carbonyl (C=O) groups excluding carboxylic acids is 2. The number of carbonyl (C=O) groups is 2. The van der Waals surface area contributed by atoms with Gasteiger partial charge in [-0.05, 0) is 68.4 Å². The van der Waals surface area contributed by atoms with Gasteiger partial charge in [0.05, 0.1) is 25.4 Å². The normalized spacial score (nSPS) is 32.1. The highest BCUT2D eigenvalue weighted by atomic mass is 19.4. The van der Waals surface area contributed by atoms with Crippen LogP contribution in [0.2, 0.25) is 0 Å². The molecule has 1 aliphatic heterocycles. The SMILES string of the molecule is COC1CC[NH+](Cc2[nH]c(C(=O)NC34CC5CC(CC(C5)C3)C4)[n+]3ccccc23)CC1.O=C([O-])C(F)(F)F. The summed E-state index contributed by atoms with van der Waals surface area (Å²) in [7, 11) is 1.82. The van der Waals surface area contributed by atoms with Crippen LogP contribution in [0, 0.1) is 17.8 Å². The molecule has 38 heavy (non-hydrogen) atoms. The lowest BCUT2D eigenvalue weighted by Crippen LogP contribution is -3.12. The van der Waals surface area contributed by atoms with Crippen LogP contribution in [0.5, 0.6) is 0 Å². The van der Waals surface area contributed by atoms with Gasteiger partial charge in [-0.1, -0.05) is 6.07 Å². The first kappa shape index (κ1) is 26.9. The number of aromatic amines is 1. The van der Waals surface area contributed by atoms with Crippen molar-refractivity contribution >= 4 is 17.4 Å². The number of ether oxygens (including phenoxy) is 1. The molecule has 5 fully saturated rings. The van der Waals surface area contributed by atoms with Crippen LogP contribution in [-0.4, -0.2) is 54.9 Å². The second-order valence-corrected chi connectivity index (χ2v) is 11.7. The Bertz CT molecular complexity index is 1140. The number of likely N-dealkylation sites (tertiary alicyclic amines) is 1. The van der Waals surface area contributed by atoms with Gasteiger partial charge in [0, 0.05) is 25.5 Å². The third kappa shape index (κ3) is 5.68. The van der Waals surface area contributed by atoms with E-state index in [1.807, 2.05) is 19.4 Å². The Morgan fingerprint density at radius 1 is 1.13 bits per heavy atom. The summed E-state index contributed by atoms with van der Waals surface area (Å²) in [4.78, 5) is 27.4. The number of pyridine rings is 1. The van der Waals surface area contributed by atoms with Crippen LogP contribution in [0.1, 0.15) is 67.7 Å². The van der Waals surface area contributed by atoms with E-state index in [4.69, 9.17) is 14.6 Å². The van der Waals surface area contributed by atoms with Crippen LogP contribution in [0.25, 0.3) is 5.52 Å². The third-order valence-electron chi connectivity index (χ3n) is 8.94. The number of fused-ring (bicyclic) bond motifs is 1. The van der Waals surface area contributed by atoms with Gasteiger partial charge in [-0.15, -0.1) is 0 Å². The standard InChI is InChI=1S/C25H34N4O2.C2HF3O2/c1-31-20-5-8-28(9-6-20)16-21-22-4-2-3-7-29(22)23(26-21)24(30)27-25-13-17-10-18(14-25)12-19(11-17)15-25;3-2(4,5)1(6)7/h2-4,7,17-20H,5-6,8-16H2,1H3,(H,27,30);(H,6,7)/p+1. The van der Waals surface area contributed by atoms with Crippen molar-refractivity contribution in [2.75, 3.05) is 20.2 Å². The number of quaternary nitrogens is 1. The van der Waals surface area contributed by atoms with Crippen LogP contribution in [0.3, 0.4) is 0 Å². The fourth-order valence-electron chi connectivity index (χ4n) is 7.68. The Labute approximate surface area is 219 Å². The van der Waals surface area contributed by atoms with Crippen molar-refractivity contribution in [1.29, 1.82) is 0 Å². The van der Waals surface area contributed by atoms with E-state index in [0.717, 1.165) is 55.7 Å². The Hall–Kier alpha value is -2.66. The molecule has 0 aromatic carbocycles. The Morgan fingerprint density at radius 3 is 2.24 bits per heavy atom. The molecule has 11 heteroatoms. The average Bonchev–Trinajstić information content (AvgIpc) is 3.22. The lowest BCUT2D eigenvalue weighted by atomic mass is 9.53. The quantitative estimate of drug-likeness (QED) is 0.494. The Balaban J connectivity index is 0.000000374. The summed E-state index contributed by atoms with van der Waals surface area (Å²) >= 11 is 0. The van der Waals surface area contributed by atoms with Gasteiger partial charge in [-0.2, -0.15) is 17.6 Å². The number of amides is 1. The number of carboxylic acid groups (broad SMARTS) is 1.